The van der Waals surface area contributed by atoms with Crippen LogP contribution in [0.5, 0.6) is 0 Å². The highest BCUT2D eigenvalue weighted by molar-refractivity contribution is 5.33. The van der Waals surface area contributed by atoms with Crippen molar-refractivity contribution >= 4 is 5.95 Å². The average Bonchev–Trinajstić information content (AvgIpc) is 2.37. The maximum Gasteiger partial charge on any atom is 0.433 e. The van der Waals surface area contributed by atoms with Crippen LogP contribution >= 0.6 is 0 Å². The van der Waals surface area contributed by atoms with Crippen molar-refractivity contribution in [2.45, 2.75) is 26.1 Å². The molecule has 0 aliphatic carbocycles. The van der Waals surface area contributed by atoms with E-state index in [1.165, 1.54) is 0 Å². The van der Waals surface area contributed by atoms with Gasteiger partial charge in [0.05, 0.1) is 6.04 Å². The van der Waals surface area contributed by atoms with Gasteiger partial charge in [-0.15, -0.1) is 0 Å². The highest BCUT2D eigenvalue weighted by Gasteiger charge is 2.33. The number of rotatable bonds is 3. The lowest BCUT2D eigenvalue weighted by molar-refractivity contribution is -0.141. The minimum atomic E-state index is -4.65. The van der Waals surface area contributed by atoms with Crippen molar-refractivity contribution in [3.8, 4) is 0 Å². The molecule has 0 saturated heterocycles. The summed E-state index contributed by atoms with van der Waals surface area (Å²) in [5, 5.41) is 2.76. The molecule has 0 spiro atoms. The summed E-state index contributed by atoms with van der Waals surface area (Å²) in [5.74, 6) is -0.206. The fourth-order valence-corrected chi connectivity index (χ4v) is 1.81. The van der Waals surface area contributed by atoms with Gasteiger partial charge in [-0.3, -0.25) is 9.78 Å². The van der Waals surface area contributed by atoms with E-state index in [0.29, 0.717) is 6.07 Å². The van der Waals surface area contributed by atoms with E-state index in [0.717, 1.165) is 11.1 Å². The molecular formula is C14H14F3N3O. The molecule has 2 N–H and O–H groups in total. The van der Waals surface area contributed by atoms with Gasteiger partial charge in [-0.1, -0.05) is 29.8 Å². The van der Waals surface area contributed by atoms with E-state index >= 15 is 0 Å². The number of alkyl halides is 3. The first-order chi connectivity index (χ1) is 9.75. The molecule has 0 radical (unpaired) electrons. The average molecular weight is 297 g/mol. The summed E-state index contributed by atoms with van der Waals surface area (Å²) in [6.45, 7) is 3.71. The number of hydrogen-bond acceptors (Lipinski definition) is 3. The molecule has 0 aliphatic rings. The van der Waals surface area contributed by atoms with Crippen molar-refractivity contribution < 1.29 is 13.2 Å². The molecule has 0 amide bonds. The number of aromatic amines is 1. The van der Waals surface area contributed by atoms with Gasteiger partial charge in [0.25, 0.3) is 5.56 Å². The summed E-state index contributed by atoms with van der Waals surface area (Å²) in [5.41, 5.74) is -0.113. The zero-order chi connectivity index (χ0) is 15.6. The number of halogens is 3. The standard InChI is InChI=1S/C14H14F3N3O/c1-8-3-5-10(6-4-8)9(2)18-13-19-11(14(15,16)17)7-12(21)20-13/h3-7,9H,1-2H3,(H2,18,19,20,21). The molecule has 0 aliphatic heterocycles. The molecule has 21 heavy (non-hydrogen) atoms. The van der Waals surface area contributed by atoms with Crippen molar-refractivity contribution in [3.05, 3.63) is 57.5 Å². The van der Waals surface area contributed by atoms with Gasteiger partial charge in [0.15, 0.2) is 5.69 Å². The number of anilines is 1. The molecule has 1 aromatic carbocycles. The second-order valence-electron chi connectivity index (χ2n) is 4.75. The fraction of sp³-hybridized carbons (Fsp3) is 0.286. The van der Waals surface area contributed by atoms with Crippen molar-refractivity contribution in [1.29, 1.82) is 0 Å². The number of hydrogen-bond donors (Lipinski definition) is 2. The second-order valence-corrected chi connectivity index (χ2v) is 4.75. The molecule has 0 fully saturated rings. The van der Waals surface area contributed by atoms with Gasteiger partial charge in [0, 0.05) is 6.07 Å². The van der Waals surface area contributed by atoms with Crippen molar-refractivity contribution in [2.75, 3.05) is 5.32 Å². The second kappa shape index (κ2) is 5.59. The van der Waals surface area contributed by atoms with Crippen LogP contribution in [-0.4, -0.2) is 9.97 Å². The number of H-pyrrole nitrogens is 1. The van der Waals surface area contributed by atoms with Gasteiger partial charge in [0.1, 0.15) is 0 Å². The monoisotopic (exact) mass is 297 g/mol. The summed E-state index contributed by atoms with van der Waals surface area (Å²) in [4.78, 5) is 16.9. The van der Waals surface area contributed by atoms with E-state index in [2.05, 4.69) is 15.3 Å². The quantitative estimate of drug-likeness (QED) is 0.914. The van der Waals surface area contributed by atoms with E-state index in [1.54, 1.807) is 6.92 Å². The van der Waals surface area contributed by atoms with E-state index in [4.69, 9.17) is 0 Å². The molecular weight excluding hydrogens is 283 g/mol. The first kappa shape index (κ1) is 15.1. The molecule has 0 bridgehead atoms. The predicted octanol–water partition coefficient (Wildman–Crippen LogP) is 3.27. The van der Waals surface area contributed by atoms with Crippen LogP contribution in [0.15, 0.2) is 35.1 Å². The van der Waals surface area contributed by atoms with Gasteiger partial charge >= 0.3 is 6.18 Å². The Kier molecular flexibility index (Phi) is 4.02. The molecule has 2 aromatic rings. The Balaban J connectivity index is 2.25. The van der Waals surface area contributed by atoms with E-state index < -0.39 is 17.4 Å². The summed E-state index contributed by atoms with van der Waals surface area (Å²) in [6.07, 6.45) is -4.65. The molecule has 0 saturated carbocycles. The van der Waals surface area contributed by atoms with E-state index in [1.807, 2.05) is 31.2 Å². The van der Waals surface area contributed by atoms with Gasteiger partial charge in [-0.25, -0.2) is 4.98 Å². The largest absolute Gasteiger partial charge is 0.433 e. The molecule has 1 unspecified atom stereocenters. The lowest BCUT2D eigenvalue weighted by Gasteiger charge is -2.15. The number of aromatic nitrogens is 2. The van der Waals surface area contributed by atoms with Crippen LogP contribution in [-0.2, 0) is 6.18 Å². The lowest BCUT2D eigenvalue weighted by atomic mass is 10.1. The number of nitrogens with zero attached hydrogens (tertiary/aromatic N) is 1. The van der Waals surface area contributed by atoms with Gasteiger partial charge in [-0.2, -0.15) is 13.2 Å². The third-order valence-corrected chi connectivity index (χ3v) is 2.96. The highest BCUT2D eigenvalue weighted by atomic mass is 19.4. The Labute approximate surface area is 119 Å². The SMILES string of the molecule is Cc1ccc(C(C)Nc2nc(C(F)(F)F)cc(=O)[nH]2)cc1. The third kappa shape index (κ3) is 3.84. The van der Waals surface area contributed by atoms with Gasteiger partial charge < -0.3 is 5.32 Å². The van der Waals surface area contributed by atoms with E-state index in [-0.39, 0.29) is 12.0 Å². The smallest absolute Gasteiger partial charge is 0.349 e. The van der Waals surface area contributed by atoms with Crippen molar-refractivity contribution in [3.63, 3.8) is 0 Å². The maximum absolute atomic E-state index is 12.6. The predicted molar refractivity (Wildman–Crippen MR) is 73.1 cm³/mol. The fourth-order valence-electron chi connectivity index (χ4n) is 1.81. The first-order valence-corrected chi connectivity index (χ1v) is 6.27. The minimum Gasteiger partial charge on any atom is -0.349 e. The van der Waals surface area contributed by atoms with Crippen LogP contribution in [0.3, 0.4) is 0 Å². The van der Waals surface area contributed by atoms with Crippen LogP contribution in [0.4, 0.5) is 19.1 Å². The first-order valence-electron chi connectivity index (χ1n) is 6.27. The van der Waals surface area contributed by atoms with Crippen LogP contribution in [0, 0.1) is 6.92 Å². The maximum atomic E-state index is 12.6. The molecule has 2 rings (SSSR count). The Morgan fingerprint density at radius 2 is 1.86 bits per heavy atom. The minimum absolute atomic E-state index is 0.206. The van der Waals surface area contributed by atoms with Crippen molar-refractivity contribution in [2.24, 2.45) is 0 Å². The van der Waals surface area contributed by atoms with Gasteiger partial charge in [-0.05, 0) is 19.4 Å². The third-order valence-electron chi connectivity index (χ3n) is 2.96. The van der Waals surface area contributed by atoms with E-state index in [9.17, 15) is 18.0 Å². The highest BCUT2D eigenvalue weighted by Crippen LogP contribution is 2.27. The molecule has 1 aromatic heterocycles. The molecule has 112 valence electrons. The van der Waals surface area contributed by atoms with Crippen LogP contribution < -0.4 is 10.9 Å². The topological polar surface area (TPSA) is 57.8 Å². The summed E-state index contributed by atoms with van der Waals surface area (Å²) in [6, 6.07) is 7.65. The lowest BCUT2D eigenvalue weighted by Crippen LogP contribution is -2.20. The molecule has 7 heteroatoms. The summed E-state index contributed by atoms with van der Waals surface area (Å²) >= 11 is 0. The molecule has 1 atom stereocenters. The summed E-state index contributed by atoms with van der Waals surface area (Å²) in [7, 11) is 0. The number of nitrogens with one attached hydrogen (secondary N) is 2. The van der Waals surface area contributed by atoms with Crippen LogP contribution in [0.1, 0.15) is 29.8 Å². The zero-order valence-corrected chi connectivity index (χ0v) is 11.5. The normalized spacial score (nSPS) is 13.0. The Hall–Kier alpha value is -2.31. The van der Waals surface area contributed by atoms with Crippen LogP contribution in [0.2, 0.25) is 0 Å². The summed E-state index contributed by atoms with van der Waals surface area (Å²) < 4.78 is 37.8. The van der Waals surface area contributed by atoms with Gasteiger partial charge in [0.2, 0.25) is 5.95 Å². The number of benzene rings is 1. The van der Waals surface area contributed by atoms with Crippen molar-refractivity contribution in [1.82, 2.24) is 9.97 Å². The molecule has 4 nitrogen and oxygen atoms in total. The molecule has 1 heterocycles. The Morgan fingerprint density at radius 3 is 2.43 bits per heavy atom. The Bertz CT molecular complexity index is 677. The Morgan fingerprint density at radius 1 is 1.24 bits per heavy atom. The number of aryl methyl sites for hydroxylation is 1. The van der Waals surface area contributed by atoms with Crippen LogP contribution in [0.25, 0.3) is 0 Å². The zero-order valence-electron chi connectivity index (χ0n) is 11.5.